The van der Waals surface area contributed by atoms with Gasteiger partial charge in [-0.3, -0.25) is 0 Å². The van der Waals surface area contributed by atoms with Crippen LogP contribution in [0.5, 0.6) is 5.75 Å². The molecule has 0 bridgehead atoms. The first-order chi connectivity index (χ1) is 11.9. The highest BCUT2D eigenvalue weighted by Crippen LogP contribution is 2.24. The van der Waals surface area contributed by atoms with Crippen molar-refractivity contribution in [1.82, 2.24) is 19.3 Å². The lowest BCUT2D eigenvalue weighted by Crippen LogP contribution is -2.30. The van der Waals surface area contributed by atoms with Crippen LogP contribution in [-0.2, 0) is 10.0 Å². The van der Waals surface area contributed by atoms with Crippen LogP contribution < -0.4 is 0 Å². The number of sulfonamides is 1. The van der Waals surface area contributed by atoms with Crippen LogP contribution in [0.1, 0.15) is 19.4 Å². The minimum Gasteiger partial charge on any atom is -0.506 e. The van der Waals surface area contributed by atoms with E-state index >= 15 is 0 Å². The van der Waals surface area contributed by atoms with Crippen molar-refractivity contribution in [1.29, 1.82) is 0 Å². The number of hydrogen-bond donors (Lipinski definition) is 1. The summed E-state index contributed by atoms with van der Waals surface area (Å²) in [6.45, 7) is 6.31. The van der Waals surface area contributed by atoms with Crippen LogP contribution in [-0.4, -0.2) is 45.9 Å². The molecule has 7 nitrogen and oxygen atoms in total. The standard InChI is InChI=1S/C17H20N4O3S/c1-4-20(5-2)25(23,24)13-7-8-14-15(11-13)19-21(18-14)16-10-12(3)6-9-17(16)22/h6-11,22H,4-5H2,1-3H3. The van der Waals surface area contributed by atoms with Gasteiger partial charge in [-0.15, -0.1) is 15.0 Å². The van der Waals surface area contributed by atoms with E-state index in [1.54, 1.807) is 38.1 Å². The van der Waals surface area contributed by atoms with Crippen molar-refractivity contribution in [2.75, 3.05) is 13.1 Å². The predicted octanol–water partition coefficient (Wildman–Crippen LogP) is 2.47. The SMILES string of the molecule is CCN(CC)S(=O)(=O)c1ccc2nn(-c3cc(C)ccc3O)nc2c1. The van der Waals surface area contributed by atoms with Gasteiger partial charge in [0.25, 0.3) is 0 Å². The lowest BCUT2D eigenvalue weighted by atomic mass is 10.2. The van der Waals surface area contributed by atoms with Crippen molar-refractivity contribution in [2.45, 2.75) is 25.7 Å². The van der Waals surface area contributed by atoms with Crippen LogP contribution in [0.15, 0.2) is 41.3 Å². The smallest absolute Gasteiger partial charge is 0.243 e. The summed E-state index contributed by atoms with van der Waals surface area (Å²) < 4.78 is 26.7. The minimum atomic E-state index is -3.56. The Morgan fingerprint density at radius 1 is 1.04 bits per heavy atom. The van der Waals surface area contributed by atoms with E-state index in [4.69, 9.17) is 0 Å². The fourth-order valence-electron chi connectivity index (χ4n) is 2.67. The second kappa shape index (κ2) is 6.45. The first-order valence-electron chi connectivity index (χ1n) is 8.04. The average Bonchev–Trinajstić information content (AvgIpc) is 3.00. The highest BCUT2D eigenvalue weighted by atomic mass is 32.2. The highest BCUT2D eigenvalue weighted by molar-refractivity contribution is 7.89. The van der Waals surface area contributed by atoms with Gasteiger partial charge in [-0.1, -0.05) is 19.9 Å². The van der Waals surface area contributed by atoms with E-state index in [1.807, 2.05) is 6.92 Å². The van der Waals surface area contributed by atoms with E-state index < -0.39 is 10.0 Å². The van der Waals surface area contributed by atoms with Crippen molar-refractivity contribution in [2.24, 2.45) is 0 Å². The maximum Gasteiger partial charge on any atom is 0.243 e. The minimum absolute atomic E-state index is 0.0573. The summed E-state index contributed by atoms with van der Waals surface area (Å²) in [6.07, 6.45) is 0. The molecule has 2 aromatic carbocycles. The molecule has 0 aliphatic heterocycles. The lowest BCUT2D eigenvalue weighted by molar-refractivity contribution is 0.445. The molecular weight excluding hydrogens is 340 g/mol. The van der Waals surface area contributed by atoms with Crippen LogP contribution in [0.4, 0.5) is 0 Å². The van der Waals surface area contributed by atoms with Gasteiger partial charge in [-0.2, -0.15) is 4.31 Å². The van der Waals surface area contributed by atoms with E-state index in [0.29, 0.717) is 29.8 Å². The average molecular weight is 360 g/mol. The molecule has 0 radical (unpaired) electrons. The quantitative estimate of drug-likeness (QED) is 0.755. The molecule has 1 heterocycles. The van der Waals surface area contributed by atoms with E-state index in [1.165, 1.54) is 21.2 Å². The number of nitrogens with zero attached hydrogens (tertiary/aromatic N) is 4. The fourth-order valence-corrected chi connectivity index (χ4v) is 4.15. The summed E-state index contributed by atoms with van der Waals surface area (Å²) in [5.74, 6) is 0.0573. The number of rotatable bonds is 5. The van der Waals surface area contributed by atoms with Gasteiger partial charge in [0.15, 0.2) is 0 Å². The fraction of sp³-hybridized carbons (Fsp3) is 0.294. The number of fused-ring (bicyclic) bond motifs is 1. The molecule has 3 aromatic rings. The summed E-state index contributed by atoms with van der Waals surface area (Å²) in [7, 11) is -3.56. The van der Waals surface area contributed by atoms with Gasteiger partial charge in [-0.05, 0) is 42.8 Å². The Kier molecular flexibility index (Phi) is 4.49. The molecule has 0 aliphatic rings. The van der Waals surface area contributed by atoms with Gasteiger partial charge in [0.05, 0.1) is 4.90 Å². The second-order valence-corrected chi connectivity index (χ2v) is 7.66. The third-order valence-electron chi connectivity index (χ3n) is 4.04. The van der Waals surface area contributed by atoms with Crippen molar-refractivity contribution in [3.8, 4) is 11.4 Å². The summed E-state index contributed by atoms with van der Waals surface area (Å²) in [6, 6.07) is 9.81. The Balaban J connectivity index is 2.10. The number of hydrogen-bond acceptors (Lipinski definition) is 5. The summed E-state index contributed by atoms with van der Waals surface area (Å²) in [5.41, 5.74) is 2.41. The normalized spacial score (nSPS) is 12.2. The third kappa shape index (κ3) is 3.10. The lowest BCUT2D eigenvalue weighted by Gasteiger charge is -2.18. The van der Waals surface area contributed by atoms with E-state index in [2.05, 4.69) is 10.2 Å². The number of aryl methyl sites for hydroxylation is 1. The maximum absolute atomic E-state index is 12.6. The van der Waals surface area contributed by atoms with Crippen LogP contribution in [0.2, 0.25) is 0 Å². The van der Waals surface area contributed by atoms with Crippen molar-refractivity contribution in [3.63, 3.8) is 0 Å². The van der Waals surface area contributed by atoms with Crippen molar-refractivity contribution >= 4 is 21.1 Å². The molecule has 0 saturated carbocycles. The van der Waals surface area contributed by atoms with Gasteiger partial charge in [0, 0.05) is 13.1 Å². The van der Waals surface area contributed by atoms with Crippen LogP contribution >= 0.6 is 0 Å². The molecule has 0 aliphatic carbocycles. The summed E-state index contributed by atoms with van der Waals surface area (Å²) >= 11 is 0. The van der Waals surface area contributed by atoms with Crippen molar-refractivity contribution in [3.05, 3.63) is 42.0 Å². The summed E-state index contributed by atoms with van der Waals surface area (Å²) in [4.78, 5) is 1.50. The zero-order valence-electron chi connectivity index (χ0n) is 14.3. The van der Waals surface area contributed by atoms with Crippen LogP contribution in [0, 0.1) is 6.92 Å². The second-order valence-electron chi connectivity index (χ2n) is 5.72. The third-order valence-corrected chi connectivity index (χ3v) is 6.09. The number of phenolic OH excluding ortho intramolecular Hbond substituents is 1. The molecule has 0 saturated heterocycles. The Labute approximate surface area is 146 Å². The maximum atomic E-state index is 12.6. The first kappa shape index (κ1) is 17.4. The molecule has 132 valence electrons. The van der Waals surface area contributed by atoms with Gasteiger partial charge in [0.1, 0.15) is 22.5 Å². The van der Waals surface area contributed by atoms with E-state index in [-0.39, 0.29) is 10.6 Å². The molecule has 25 heavy (non-hydrogen) atoms. The van der Waals surface area contributed by atoms with Gasteiger partial charge in [-0.25, -0.2) is 8.42 Å². The molecule has 1 aromatic heterocycles. The molecule has 0 unspecified atom stereocenters. The summed E-state index contributed by atoms with van der Waals surface area (Å²) in [5, 5.41) is 18.7. The first-order valence-corrected chi connectivity index (χ1v) is 9.48. The van der Waals surface area contributed by atoms with E-state index in [0.717, 1.165) is 5.56 Å². The number of aromatic hydroxyl groups is 1. The zero-order valence-corrected chi connectivity index (χ0v) is 15.2. The topological polar surface area (TPSA) is 88.3 Å². The highest BCUT2D eigenvalue weighted by Gasteiger charge is 2.22. The molecular formula is C17H20N4O3S. The van der Waals surface area contributed by atoms with Gasteiger partial charge >= 0.3 is 0 Å². The molecule has 3 rings (SSSR count). The largest absolute Gasteiger partial charge is 0.506 e. The Morgan fingerprint density at radius 2 is 1.72 bits per heavy atom. The Bertz CT molecular complexity index is 1020. The van der Waals surface area contributed by atoms with Gasteiger partial charge < -0.3 is 5.11 Å². The molecule has 1 N–H and O–H groups in total. The van der Waals surface area contributed by atoms with Crippen LogP contribution in [0.3, 0.4) is 0 Å². The van der Waals surface area contributed by atoms with Crippen LogP contribution in [0.25, 0.3) is 16.7 Å². The Hall–Kier alpha value is -2.45. The number of benzene rings is 2. The molecule has 0 fully saturated rings. The Morgan fingerprint density at radius 3 is 2.40 bits per heavy atom. The molecule has 0 amide bonds. The monoisotopic (exact) mass is 360 g/mol. The predicted molar refractivity (Wildman–Crippen MR) is 95.4 cm³/mol. The molecule has 8 heteroatoms. The van der Waals surface area contributed by atoms with E-state index in [9.17, 15) is 13.5 Å². The van der Waals surface area contributed by atoms with Crippen molar-refractivity contribution < 1.29 is 13.5 Å². The number of aromatic nitrogens is 3. The number of phenols is 1. The zero-order chi connectivity index (χ0) is 18.2. The molecule has 0 atom stereocenters. The molecule has 0 spiro atoms. The van der Waals surface area contributed by atoms with Gasteiger partial charge in [0.2, 0.25) is 10.0 Å².